The number of hydrogen-bond donors (Lipinski definition) is 1. The third kappa shape index (κ3) is 4.16. The summed E-state index contributed by atoms with van der Waals surface area (Å²) < 4.78 is 5.92. The molecule has 0 saturated heterocycles. The predicted octanol–water partition coefficient (Wildman–Crippen LogP) is 2.85. The molecule has 1 aromatic rings. The first kappa shape index (κ1) is 14.3. The van der Waals surface area contributed by atoms with E-state index in [4.69, 9.17) is 4.74 Å². The van der Waals surface area contributed by atoms with Crippen molar-refractivity contribution in [1.29, 1.82) is 0 Å². The van der Waals surface area contributed by atoms with Crippen LogP contribution in [0.3, 0.4) is 0 Å². The molecule has 2 rings (SSSR count). The predicted molar refractivity (Wildman–Crippen MR) is 76.2 cm³/mol. The van der Waals surface area contributed by atoms with Gasteiger partial charge in [0.1, 0.15) is 6.10 Å². The monoisotopic (exact) mass is 263 g/mol. The number of nitrogens with one attached hydrogen (secondary N) is 1. The number of ether oxygens (including phenoxy) is 1. The average Bonchev–Trinajstić information content (AvgIpc) is 2.38. The summed E-state index contributed by atoms with van der Waals surface area (Å²) >= 11 is 0. The van der Waals surface area contributed by atoms with Crippen LogP contribution in [0, 0.1) is 12.8 Å². The molecule has 0 bridgehead atoms. The number of hydrogen-bond acceptors (Lipinski definition) is 4. The summed E-state index contributed by atoms with van der Waals surface area (Å²) in [5.41, 5.74) is 2.15. The van der Waals surface area contributed by atoms with Crippen LogP contribution in [0.25, 0.3) is 0 Å². The minimum Gasteiger partial charge on any atom is -0.460 e. The van der Waals surface area contributed by atoms with Crippen LogP contribution >= 0.6 is 0 Å². The van der Waals surface area contributed by atoms with Crippen molar-refractivity contribution in [2.24, 2.45) is 5.92 Å². The van der Waals surface area contributed by atoms with Crippen molar-refractivity contribution in [3.05, 3.63) is 17.5 Å². The van der Waals surface area contributed by atoms with E-state index in [1.54, 1.807) is 0 Å². The van der Waals surface area contributed by atoms with E-state index in [1.165, 1.54) is 12.8 Å². The van der Waals surface area contributed by atoms with Crippen molar-refractivity contribution in [2.45, 2.75) is 59.1 Å². The lowest BCUT2D eigenvalue weighted by atomic mass is 9.89. The van der Waals surface area contributed by atoms with Gasteiger partial charge in [-0.15, -0.1) is 0 Å². The van der Waals surface area contributed by atoms with Crippen LogP contribution in [0.2, 0.25) is 0 Å². The molecule has 0 amide bonds. The lowest BCUT2D eigenvalue weighted by molar-refractivity contribution is 0.118. The third-order valence-electron chi connectivity index (χ3n) is 3.78. The lowest BCUT2D eigenvalue weighted by Gasteiger charge is -2.26. The van der Waals surface area contributed by atoms with Crippen LogP contribution in [0.5, 0.6) is 6.01 Å². The topological polar surface area (TPSA) is 47.0 Å². The van der Waals surface area contributed by atoms with Crippen molar-refractivity contribution < 1.29 is 4.74 Å². The molecule has 19 heavy (non-hydrogen) atoms. The molecule has 0 aromatic carbocycles. The minimum absolute atomic E-state index is 0.294. The van der Waals surface area contributed by atoms with Gasteiger partial charge in [0, 0.05) is 24.0 Å². The molecule has 2 unspecified atom stereocenters. The van der Waals surface area contributed by atoms with Gasteiger partial charge in [0.05, 0.1) is 0 Å². The van der Waals surface area contributed by atoms with Crippen molar-refractivity contribution in [3.63, 3.8) is 0 Å². The smallest absolute Gasteiger partial charge is 0.316 e. The van der Waals surface area contributed by atoms with Crippen molar-refractivity contribution in [3.8, 4) is 6.01 Å². The maximum absolute atomic E-state index is 5.92. The Morgan fingerprint density at radius 2 is 2.26 bits per heavy atom. The Bertz CT molecular complexity index is 408. The number of nitrogens with zero attached hydrogens (tertiary/aromatic N) is 2. The first-order valence-corrected chi connectivity index (χ1v) is 7.39. The molecular formula is C15H25N3O. The Labute approximate surface area is 116 Å². The summed E-state index contributed by atoms with van der Waals surface area (Å²) in [6.45, 7) is 8.19. The zero-order chi connectivity index (χ0) is 13.7. The fourth-order valence-corrected chi connectivity index (χ4v) is 2.60. The Kier molecular flexibility index (Phi) is 5.14. The van der Waals surface area contributed by atoms with E-state index in [0.29, 0.717) is 12.1 Å². The Balaban J connectivity index is 1.95. The van der Waals surface area contributed by atoms with E-state index in [9.17, 15) is 0 Å². The molecule has 1 saturated carbocycles. The first-order valence-electron chi connectivity index (χ1n) is 7.39. The molecule has 1 aromatic heterocycles. The minimum atomic E-state index is 0.294. The van der Waals surface area contributed by atoms with E-state index < -0.39 is 0 Å². The maximum Gasteiger partial charge on any atom is 0.316 e. The molecule has 4 nitrogen and oxygen atoms in total. The van der Waals surface area contributed by atoms with Gasteiger partial charge in [-0.2, -0.15) is 0 Å². The van der Waals surface area contributed by atoms with Gasteiger partial charge in [0.25, 0.3) is 0 Å². The van der Waals surface area contributed by atoms with Gasteiger partial charge in [-0.1, -0.05) is 20.3 Å². The highest BCUT2D eigenvalue weighted by Crippen LogP contribution is 2.26. The molecule has 0 radical (unpaired) electrons. The summed E-state index contributed by atoms with van der Waals surface area (Å²) in [6.07, 6.45) is 7.01. The summed E-state index contributed by atoms with van der Waals surface area (Å²) in [7, 11) is 0. The summed E-state index contributed by atoms with van der Waals surface area (Å²) in [5.74, 6) is 0.757. The second-order valence-corrected chi connectivity index (χ2v) is 5.56. The van der Waals surface area contributed by atoms with Gasteiger partial charge in [-0.25, -0.2) is 9.97 Å². The van der Waals surface area contributed by atoms with E-state index >= 15 is 0 Å². The summed E-state index contributed by atoms with van der Waals surface area (Å²) in [5, 5.41) is 3.29. The Morgan fingerprint density at radius 1 is 1.42 bits per heavy atom. The number of aromatic nitrogens is 2. The van der Waals surface area contributed by atoms with Crippen LogP contribution in [0.4, 0.5) is 0 Å². The third-order valence-corrected chi connectivity index (χ3v) is 3.78. The van der Waals surface area contributed by atoms with Gasteiger partial charge < -0.3 is 10.1 Å². The molecule has 1 aliphatic carbocycles. The van der Waals surface area contributed by atoms with Crippen LogP contribution in [-0.4, -0.2) is 22.6 Å². The van der Waals surface area contributed by atoms with E-state index in [1.807, 2.05) is 13.1 Å². The molecule has 106 valence electrons. The van der Waals surface area contributed by atoms with Crippen LogP contribution in [0.15, 0.2) is 6.20 Å². The fourth-order valence-electron chi connectivity index (χ4n) is 2.60. The zero-order valence-electron chi connectivity index (χ0n) is 12.3. The number of rotatable bonds is 5. The van der Waals surface area contributed by atoms with Crippen LogP contribution in [0.1, 0.15) is 50.8 Å². The molecule has 1 heterocycles. The lowest BCUT2D eigenvalue weighted by Crippen LogP contribution is -2.25. The van der Waals surface area contributed by atoms with Crippen molar-refractivity contribution in [1.82, 2.24) is 15.3 Å². The summed E-state index contributed by atoms with van der Waals surface area (Å²) in [6, 6.07) is 0.539. The molecule has 2 atom stereocenters. The van der Waals surface area contributed by atoms with Gasteiger partial charge in [-0.05, 0) is 38.6 Å². The standard InChI is InChI=1S/C15H25N3O/c1-4-16-9-13-10-17-15(18-12(13)3)19-14-7-5-6-11(2)8-14/h10-11,14,16H,4-9H2,1-3H3. The Morgan fingerprint density at radius 3 is 2.95 bits per heavy atom. The van der Waals surface area contributed by atoms with Crippen molar-refractivity contribution >= 4 is 0 Å². The molecule has 1 N–H and O–H groups in total. The van der Waals surface area contributed by atoms with Crippen molar-refractivity contribution in [2.75, 3.05) is 6.54 Å². The normalized spacial score (nSPS) is 23.3. The molecule has 0 aliphatic heterocycles. The maximum atomic E-state index is 5.92. The van der Waals surface area contributed by atoms with Crippen LogP contribution in [-0.2, 0) is 6.54 Å². The highest BCUT2D eigenvalue weighted by molar-refractivity contribution is 5.17. The quantitative estimate of drug-likeness (QED) is 0.887. The largest absolute Gasteiger partial charge is 0.460 e. The second kappa shape index (κ2) is 6.85. The highest BCUT2D eigenvalue weighted by atomic mass is 16.5. The van der Waals surface area contributed by atoms with Gasteiger partial charge in [0.2, 0.25) is 0 Å². The average molecular weight is 263 g/mol. The van der Waals surface area contributed by atoms with E-state index in [0.717, 1.165) is 43.1 Å². The fraction of sp³-hybridized carbons (Fsp3) is 0.733. The van der Waals surface area contributed by atoms with E-state index in [-0.39, 0.29) is 0 Å². The summed E-state index contributed by atoms with van der Waals surface area (Å²) in [4.78, 5) is 8.81. The van der Waals surface area contributed by atoms with E-state index in [2.05, 4.69) is 29.1 Å². The molecule has 4 heteroatoms. The van der Waals surface area contributed by atoms with Crippen LogP contribution < -0.4 is 10.1 Å². The molecule has 1 aliphatic rings. The first-order chi connectivity index (χ1) is 9.19. The van der Waals surface area contributed by atoms with Gasteiger partial charge in [0.15, 0.2) is 0 Å². The highest BCUT2D eigenvalue weighted by Gasteiger charge is 2.21. The molecule has 0 spiro atoms. The Hall–Kier alpha value is -1.16. The van der Waals surface area contributed by atoms with Gasteiger partial charge in [-0.3, -0.25) is 0 Å². The number of aryl methyl sites for hydroxylation is 1. The van der Waals surface area contributed by atoms with Gasteiger partial charge >= 0.3 is 6.01 Å². The zero-order valence-corrected chi connectivity index (χ0v) is 12.3. The SMILES string of the molecule is CCNCc1cnc(OC2CCCC(C)C2)nc1C. The molecule has 1 fully saturated rings. The molecular weight excluding hydrogens is 238 g/mol. The second-order valence-electron chi connectivity index (χ2n) is 5.56.